The lowest BCUT2D eigenvalue weighted by Gasteiger charge is -2.27. The van der Waals surface area contributed by atoms with Gasteiger partial charge in [0, 0.05) is 55.5 Å². The van der Waals surface area contributed by atoms with E-state index >= 15 is 0 Å². The fourth-order valence-corrected chi connectivity index (χ4v) is 6.22. The van der Waals surface area contributed by atoms with Gasteiger partial charge >= 0.3 is 0 Å². The van der Waals surface area contributed by atoms with Crippen molar-refractivity contribution in [1.29, 1.82) is 0 Å². The van der Waals surface area contributed by atoms with Crippen molar-refractivity contribution in [3.05, 3.63) is 82.4 Å². The number of amides is 2. The number of pyridine rings is 2. The number of hydrogen-bond acceptors (Lipinski definition) is 7. The molecule has 1 aromatic carbocycles. The van der Waals surface area contributed by atoms with Crippen molar-refractivity contribution < 1.29 is 14.3 Å². The average Bonchev–Trinajstić information content (AvgIpc) is 3.48. The van der Waals surface area contributed by atoms with E-state index in [4.69, 9.17) is 4.74 Å². The summed E-state index contributed by atoms with van der Waals surface area (Å²) in [7, 11) is 1.70. The summed E-state index contributed by atoms with van der Waals surface area (Å²) in [5, 5.41) is 6.34. The molecule has 1 aliphatic rings. The predicted molar refractivity (Wildman–Crippen MR) is 167 cm³/mol. The maximum Gasteiger partial charge on any atom is 0.259 e. The highest BCUT2D eigenvalue weighted by atomic mass is 32.1. The second kappa shape index (κ2) is 12.5. The summed E-state index contributed by atoms with van der Waals surface area (Å²) in [5.74, 6) is 0.192. The third-order valence-electron chi connectivity index (χ3n) is 7.87. The zero-order chi connectivity index (χ0) is 29.9. The number of ether oxygens (including phenoxy) is 1. The molecule has 3 aromatic heterocycles. The molecule has 1 aliphatic heterocycles. The second-order valence-electron chi connectivity index (χ2n) is 11.0. The van der Waals surface area contributed by atoms with Crippen LogP contribution in [0, 0.1) is 5.41 Å². The quantitative estimate of drug-likeness (QED) is 0.196. The fraction of sp³-hybridized carbons (Fsp3) is 0.375. The van der Waals surface area contributed by atoms with Crippen LogP contribution in [0.5, 0.6) is 5.75 Å². The van der Waals surface area contributed by atoms with Crippen molar-refractivity contribution >= 4 is 44.6 Å². The highest BCUT2D eigenvalue weighted by Crippen LogP contribution is 2.40. The lowest BCUT2D eigenvalue weighted by atomic mass is 9.90. The van der Waals surface area contributed by atoms with Crippen molar-refractivity contribution in [3.63, 3.8) is 0 Å². The van der Waals surface area contributed by atoms with Gasteiger partial charge in [0.1, 0.15) is 11.2 Å². The van der Waals surface area contributed by atoms with Gasteiger partial charge in [-0.05, 0) is 87.5 Å². The summed E-state index contributed by atoms with van der Waals surface area (Å²) < 4.78 is 8.86. The number of aryl methyl sites for hydroxylation is 1. The van der Waals surface area contributed by atoms with Gasteiger partial charge in [0.15, 0.2) is 0 Å². The molecule has 42 heavy (non-hydrogen) atoms. The van der Waals surface area contributed by atoms with Crippen LogP contribution in [-0.2, 0) is 16.1 Å². The number of benzene rings is 1. The Balaban J connectivity index is 1.21. The fourth-order valence-electron chi connectivity index (χ4n) is 5.44. The first-order valence-corrected chi connectivity index (χ1v) is 15.2. The van der Waals surface area contributed by atoms with Crippen LogP contribution in [0.2, 0.25) is 0 Å². The number of aromatic nitrogens is 2. The molecule has 2 amide bonds. The lowest BCUT2D eigenvalue weighted by molar-refractivity contribution is -0.137. The smallest absolute Gasteiger partial charge is 0.259 e. The minimum Gasteiger partial charge on any atom is -0.493 e. The summed E-state index contributed by atoms with van der Waals surface area (Å²) >= 11 is 1.58. The van der Waals surface area contributed by atoms with Crippen molar-refractivity contribution in [2.45, 2.75) is 46.2 Å². The molecule has 0 radical (unpaired) electrons. The normalized spacial score (nSPS) is 15.5. The Morgan fingerprint density at radius 1 is 1.02 bits per heavy atom. The van der Waals surface area contributed by atoms with E-state index in [1.807, 2.05) is 61.0 Å². The van der Waals surface area contributed by atoms with Crippen molar-refractivity contribution in [2.24, 2.45) is 5.41 Å². The highest BCUT2D eigenvalue weighted by molar-refractivity contribution is 7.17. The first kappa shape index (κ1) is 29.5. The van der Waals surface area contributed by atoms with Crippen LogP contribution in [0.25, 0.3) is 10.1 Å². The number of carbonyl (C=O) groups is 2. The summed E-state index contributed by atoms with van der Waals surface area (Å²) in [6.07, 6.45) is 6.94. The van der Waals surface area contributed by atoms with E-state index in [1.165, 1.54) is 0 Å². The first-order chi connectivity index (χ1) is 20.2. The maximum absolute atomic E-state index is 13.1. The summed E-state index contributed by atoms with van der Waals surface area (Å²) in [6, 6.07) is 13.5. The molecule has 1 atom stereocenters. The summed E-state index contributed by atoms with van der Waals surface area (Å²) in [5.41, 5.74) is 1.37. The third kappa shape index (κ3) is 5.82. The van der Waals surface area contributed by atoms with Gasteiger partial charge in [-0.3, -0.25) is 19.4 Å². The molecular formula is C32H37N5O4S. The van der Waals surface area contributed by atoms with E-state index in [1.54, 1.807) is 59.0 Å². The van der Waals surface area contributed by atoms with Gasteiger partial charge in [-0.25, -0.2) is 0 Å². The topological polar surface area (TPSA) is 96.8 Å². The average molecular weight is 588 g/mol. The highest BCUT2D eigenvalue weighted by Gasteiger charge is 2.45. The zero-order valence-electron chi connectivity index (χ0n) is 24.5. The predicted octanol–water partition coefficient (Wildman–Crippen LogP) is 5.00. The van der Waals surface area contributed by atoms with Gasteiger partial charge in [0.2, 0.25) is 11.8 Å². The number of nitrogens with one attached hydrogen (secondary N) is 1. The zero-order valence-corrected chi connectivity index (χ0v) is 25.3. The molecule has 5 rings (SSSR count). The molecule has 0 saturated heterocycles. The Morgan fingerprint density at radius 3 is 2.57 bits per heavy atom. The number of hydrogen-bond donors (Lipinski definition) is 1. The van der Waals surface area contributed by atoms with Gasteiger partial charge in [-0.2, -0.15) is 0 Å². The van der Waals surface area contributed by atoms with Gasteiger partial charge in [-0.15, -0.1) is 11.3 Å². The van der Waals surface area contributed by atoms with Crippen molar-refractivity contribution in [1.82, 2.24) is 14.9 Å². The number of nitrogens with zero attached hydrogens (tertiary/aromatic N) is 4. The van der Waals surface area contributed by atoms with E-state index < -0.39 is 5.41 Å². The molecule has 0 aliphatic carbocycles. The van der Waals surface area contributed by atoms with E-state index in [2.05, 4.69) is 10.3 Å². The monoisotopic (exact) mass is 587 g/mol. The molecule has 4 heterocycles. The summed E-state index contributed by atoms with van der Waals surface area (Å²) in [4.78, 5) is 46.5. The number of anilines is 2. The van der Waals surface area contributed by atoms with E-state index in [0.29, 0.717) is 43.4 Å². The van der Waals surface area contributed by atoms with Gasteiger partial charge in [0.05, 0.1) is 23.4 Å². The van der Waals surface area contributed by atoms with Crippen LogP contribution in [-0.4, -0.2) is 48.1 Å². The van der Waals surface area contributed by atoms with Crippen LogP contribution in [0.3, 0.4) is 0 Å². The lowest BCUT2D eigenvalue weighted by Crippen LogP contribution is -2.47. The van der Waals surface area contributed by atoms with E-state index in [-0.39, 0.29) is 23.4 Å². The molecule has 10 heteroatoms. The Hall–Kier alpha value is -4.02. The first-order valence-electron chi connectivity index (χ1n) is 14.3. The standard InChI is InChI=1S/C32H37N5O4S/c1-5-37-26-8-7-23(21-27(26)35(4)30(39)32(2,3)31(37)40)41-19-6-14-34-25(22-9-15-33-16-10-22)11-17-36-18-12-28-24(29(36)38)13-20-42-28/h7-10,12-13,15-16,18,20-21,25,34H,5-6,11,14,17,19H2,1-4H3. The Labute approximate surface area is 249 Å². The molecule has 1 N–H and O–H groups in total. The molecule has 1 unspecified atom stereocenters. The number of rotatable bonds is 11. The van der Waals surface area contributed by atoms with Crippen LogP contribution in [0.4, 0.5) is 11.4 Å². The molecule has 0 saturated carbocycles. The molecule has 9 nitrogen and oxygen atoms in total. The van der Waals surface area contributed by atoms with Gasteiger partial charge < -0.3 is 24.4 Å². The Bertz CT molecular complexity index is 1630. The van der Waals surface area contributed by atoms with Crippen LogP contribution in [0.15, 0.2) is 71.2 Å². The van der Waals surface area contributed by atoms with E-state index in [9.17, 15) is 14.4 Å². The van der Waals surface area contributed by atoms with Crippen LogP contribution in [0.1, 0.15) is 45.2 Å². The minimum atomic E-state index is -1.15. The van der Waals surface area contributed by atoms with Crippen LogP contribution >= 0.6 is 11.3 Å². The van der Waals surface area contributed by atoms with Crippen LogP contribution < -0.4 is 25.4 Å². The Kier molecular flexibility index (Phi) is 8.74. The SMILES string of the molecule is CCN1C(=O)C(C)(C)C(=O)N(C)c2cc(OCCCNC(CCn3ccc4sccc4c3=O)c3ccncc3)ccc21. The maximum atomic E-state index is 13.1. The number of carbonyl (C=O) groups excluding carboxylic acids is 2. The molecule has 0 fully saturated rings. The summed E-state index contributed by atoms with van der Waals surface area (Å²) in [6.45, 7) is 7.50. The Morgan fingerprint density at radius 2 is 1.81 bits per heavy atom. The van der Waals surface area contributed by atoms with Gasteiger partial charge in [0.25, 0.3) is 5.56 Å². The van der Waals surface area contributed by atoms with Crippen molar-refractivity contribution in [2.75, 3.05) is 36.5 Å². The molecular weight excluding hydrogens is 550 g/mol. The van der Waals surface area contributed by atoms with Crippen molar-refractivity contribution in [3.8, 4) is 5.75 Å². The third-order valence-corrected chi connectivity index (χ3v) is 8.76. The largest absolute Gasteiger partial charge is 0.493 e. The number of thiophene rings is 1. The molecule has 220 valence electrons. The second-order valence-corrected chi connectivity index (χ2v) is 11.9. The molecule has 0 spiro atoms. The minimum absolute atomic E-state index is 0.0405. The van der Waals surface area contributed by atoms with E-state index in [0.717, 1.165) is 28.5 Å². The number of fused-ring (bicyclic) bond motifs is 2. The molecule has 4 aromatic rings. The molecule has 0 bridgehead atoms. The van der Waals surface area contributed by atoms with Gasteiger partial charge in [-0.1, -0.05) is 0 Å².